The van der Waals surface area contributed by atoms with Crippen LogP contribution in [0, 0.1) is 13.8 Å². The predicted molar refractivity (Wildman–Crippen MR) is 85.9 cm³/mol. The molecular weight excluding hydrogens is 280 g/mol. The molecule has 1 saturated heterocycles. The van der Waals surface area contributed by atoms with Crippen molar-refractivity contribution in [2.45, 2.75) is 39.2 Å². The molecule has 120 valence electrons. The molecule has 0 aliphatic carbocycles. The Labute approximate surface area is 131 Å². The lowest BCUT2D eigenvalue weighted by Gasteiger charge is -2.35. The average Bonchev–Trinajstić information content (AvgIpc) is 2.79. The molecule has 0 spiro atoms. The lowest BCUT2D eigenvalue weighted by atomic mass is 9.96. The first-order valence-corrected chi connectivity index (χ1v) is 7.57. The maximum Gasteiger partial charge on any atom is 0.246 e. The van der Waals surface area contributed by atoms with Crippen molar-refractivity contribution in [3.8, 4) is 0 Å². The van der Waals surface area contributed by atoms with Gasteiger partial charge in [-0.25, -0.2) is 0 Å². The van der Waals surface area contributed by atoms with Crippen molar-refractivity contribution in [1.82, 2.24) is 5.32 Å². The largest absolute Gasteiger partial charge is 0.383 e. The summed E-state index contributed by atoms with van der Waals surface area (Å²) in [5, 5.41) is 2.86. The average molecular weight is 304 g/mol. The lowest BCUT2D eigenvalue weighted by Crippen LogP contribution is -2.55. The summed E-state index contributed by atoms with van der Waals surface area (Å²) >= 11 is 0. The number of carbonyl (C=O) groups is 2. The number of methoxy groups -OCH3 is 1. The van der Waals surface area contributed by atoms with Gasteiger partial charge >= 0.3 is 0 Å². The van der Waals surface area contributed by atoms with Crippen molar-refractivity contribution in [3.63, 3.8) is 0 Å². The zero-order valence-corrected chi connectivity index (χ0v) is 13.7. The number of benzene rings is 1. The molecule has 0 aromatic heterocycles. The minimum Gasteiger partial charge on any atom is -0.383 e. The standard InChI is InChI=1S/C17H24N2O3/c1-12-5-6-13(2)14(11-12)19-15(20)7-8-17(19,3)16(21)18-9-10-22-4/h5-6,11H,7-10H2,1-4H3,(H,18,21). The molecule has 1 aliphatic rings. The van der Waals surface area contributed by atoms with Gasteiger partial charge < -0.3 is 10.1 Å². The van der Waals surface area contributed by atoms with Crippen LogP contribution in [0.1, 0.15) is 30.9 Å². The number of nitrogens with one attached hydrogen (secondary N) is 1. The van der Waals surface area contributed by atoms with E-state index in [0.29, 0.717) is 26.0 Å². The van der Waals surface area contributed by atoms with E-state index in [2.05, 4.69) is 5.32 Å². The van der Waals surface area contributed by atoms with E-state index in [9.17, 15) is 9.59 Å². The molecule has 1 heterocycles. The van der Waals surface area contributed by atoms with Crippen molar-refractivity contribution in [2.24, 2.45) is 0 Å². The third-order valence-electron chi connectivity index (χ3n) is 4.26. The maximum absolute atomic E-state index is 12.6. The molecule has 0 radical (unpaired) electrons. The minimum atomic E-state index is -0.844. The van der Waals surface area contributed by atoms with Crippen LogP contribution >= 0.6 is 0 Å². The van der Waals surface area contributed by atoms with Gasteiger partial charge in [-0.15, -0.1) is 0 Å². The van der Waals surface area contributed by atoms with Gasteiger partial charge in [-0.3, -0.25) is 14.5 Å². The van der Waals surface area contributed by atoms with E-state index in [0.717, 1.165) is 16.8 Å². The molecule has 1 aliphatic heterocycles. The Hall–Kier alpha value is -1.88. The Kier molecular flexibility index (Phi) is 4.86. The first kappa shape index (κ1) is 16.5. The number of carbonyl (C=O) groups excluding carboxylic acids is 2. The van der Waals surface area contributed by atoms with Crippen molar-refractivity contribution >= 4 is 17.5 Å². The molecule has 1 fully saturated rings. The lowest BCUT2D eigenvalue weighted by molar-refractivity contribution is -0.127. The van der Waals surface area contributed by atoms with Crippen LogP contribution in [-0.2, 0) is 14.3 Å². The SMILES string of the molecule is COCCNC(=O)C1(C)CCC(=O)N1c1cc(C)ccc1C. The number of anilines is 1. The van der Waals surface area contributed by atoms with Gasteiger partial charge in [0.25, 0.3) is 0 Å². The second kappa shape index (κ2) is 6.48. The molecular formula is C17H24N2O3. The molecule has 5 heteroatoms. The normalized spacial score (nSPS) is 21.3. The monoisotopic (exact) mass is 304 g/mol. The van der Waals surface area contributed by atoms with Crippen LogP contribution in [0.3, 0.4) is 0 Å². The van der Waals surface area contributed by atoms with Gasteiger partial charge in [-0.05, 0) is 44.4 Å². The molecule has 1 atom stereocenters. The molecule has 2 rings (SSSR count). The van der Waals surface area contributed by atoms with E-state index < -0.39 is 5.54 Å². The zero-order valence-electron chi connectivity index (χ0n) is 13.7. The third-order valence-corrected chi connectivity index (χ3v) is 4.26. The van der Waals surface area contributed by atoms with Gasteiger partial charge in [0, 0.05) is 25.8 Å². The van der Waals surface area contributed by atoms with Crippen molar-refractivity contribution in [3.05, 3.63) is 29.3 Å². The molecule has 0 saturated carbocycles. The van der Waals surface area contributed by atoms with E-state index >= 15 is 0 Å². The predicted octanol–water partition coefficient (Wildman–Crippen LogP) is 1.95. The highest BCUT2D eigenvalue weighted by molar-refractivity contribution is 6.07. The summed E-state index contributed by atoms with van der Waals surface area (Å²) in [5.41, 5.74) is 2.05. The van der Waals surface area contributed by atoms with Gasteiger partial charge in [0.1, 0.15) is 5.54 Å². The first-order valence-electron chi connectivity index (χ1n) is 7.57. The van der Waals surface area contributed by atoms with Gasteiger partial charge in [0.05, 0.1) is 6.61 Å². The van der Waals surface area contributed by atoms with Gasteiger partial charge in [0.15, 0.2) is 0 Å². The second-order valence-corrected chi connectivity index (χ2v) is 6.04. The zero-order chi connectivity index (χ0) is 16.3. The topological polar surface area (TPSA) is 58.6 Å². The highest BCUT2D eigenvalue weighted by Crippen LogP contribution is 2.37. The highest BCUT2D eigenvalue weighted by Gasteiger charge is 2.48. The quantitative estimate of drug-likeness (QED) is 0.846. The van der Waals surface area contributed by atoms with Crippen LogP contribution < -0.4 is 10.2 Å². The fourth-order valence-electron chi connectivity index (χ4n) is 2.88. The summed E-state index contributed by atoms with van der Waals surface area (Å²) in [6, 6.07) is 5.97. The van der Waals surface area contributed by atoms with Crippen LogP contribution in [0.4, 0.5) is 5.69 Å². The number of rotatable bonds is 5. The van der Waals surface area contributed by atoms with Crippen molar-refractivity contribution in [1.29, 1.82) is 0 Å². The van der Waals surface area contributed by atoms with Crippen LogP contribution in [0.2, 0.25) is 0 Å². The summed E-state index contributed by atoms with van der Waals surface area (Å²) in [7, 11) is 1.59. The minimum absolute atomic E-state index is 0.00177. The number of hydrogen-bond donors (Lipinski definition) is 1. The van der Waals surface area contributed by atoms with E-state index in [4.69, 9.17) is 4.74 Å². The maximum atomic E-state index is 12.6. The number of aryl methyl sites for hydroxylation is 2. The number of nitrogens with zero attached hydrogens (tertiary/aromatic N) is 1. The molecule has 2 amide bonds. The summed E-state index contributed by atoms with van der Waals surface area (Å²) in [6.45, 7) is 6.68. The number of hydrogen-bond acceptors (Lipinski definition) is 3. The van der Waals surface area contributed by atoms with Crippen LogP contribution in [0.25, 0.3) is 0 Å². The molecule has 1 N–H and O–H groups in total. The summed E-state index contributed by atoms with van der Waals surface area (Å²) in [6.07, 6.45) is 0.916. The second-order valence-electron chi connectivity index (χ2n) is 6.04. The van der Waals surface area contributed by atoms with Crippen LogP contribution in [0.5, 0.6) is 0 Å². The van der Waals surface area contributed by atoms with E-state index in [1.807, 2.05) is 39.0 Å². The molecule has 1 unspecified atom stereocenters. The molecule has 5 nitrogen and oxygen atoms in total. The van der Waals surface area contributed by atoms with Crippen LogP contribution in [0.15, 0.2) is 18.2 Å². The number of ether oxygens (including phenoxy) is 1. The Morgan fingerprint density at radius 3 is 2.82 bits per heavy atom. The molecule has 1 aromatic carbocycles. The Morgan fingerprint density at radius 1 is 1.41 bits per heavy atom. The fraction of sp³-hybridized carbons (Fsp3) is 0.529. The molecule has 22 heavy (non-hydrogen) atoms. The summed E-state index contributed by atoms with van der Waals surface area (Å²) in [5.74, 6) is -0.130. The van der Waals surface area contributed by atoms with Crippen molar-refractivity contribution in [2.75, 3.05) is 25.2 Å². The number of amides is 2. The van der Waals surface area contributed by atoms with E-state index in [1.165, 1.54) is 0 Å². The van der Waals surface area contributed by atoms with E-state index in [-0.39, 0.29) is 11.8 Å². The van der Waals surface area contributed by atoms with Gasteiger partial charge in [0.2, 0.25) is 11.8 Å². The molecule has 1 aromatic rings. The van der Waals surface area contributed by atoms with Gasteiger partial charge in [-0.1, -0.05) is 12.1 Å². The molecule has 0 bridgehead atoms. The first-order chi connectivity index (χ1) is 10.4. The summed E-state index contributed by atoms with van der Waals surface area (Å²) in [4.78, 5) is 26.7. The Bertz CT molecular complexity index is 585. The Morgan fingerprint density at radius 2 is 2.14 bits per heavy atom. The van der Waals surface area contributed by atoms with Crippen molar-refractivity contribution < 1.29 is 14.3 Å². The third kappa shape index (κ3) is 2.99. The van der Waals surface area contributed by atoms with Gasteiger partial charge in [-0.2, -0.15) is 0 Å². The fourth-order valence-corrected chi connectivity index (χ4v) is 2.88. The van der Waals surface area contributed by atoms with E-state index in [1.54, 1.807) is 12.0 Å². The Balaban J connectivity index is 2.32. The smallest absolute Gasteiger partial charge is 0.246 e. The summed E-state index contributed by atoms with van der Waals surface area (Å²) < 4.78 is 4.96. The highest BCUT2D eigenvalue weighted by atomic mass is 16.5. The van der Waals surface area contributed by atoms with Crippen LogP contribution in [-0.4, -0.2) is 37.6 Å².